The van der Waals surface area contributed by atoms with Crippen molar-refractivity contribution in [2.45, 2.75) is 153 Å². The lowest BCUT2D eigenvalue weighted by Gasteiger charge is -2.32. The molecule has 2 fully saturated rings. The molecule has 9 N–H and O–H groups in total. The summed E-state index contributed by atoms with van der Waals surface area (Å²) in [6.07, 6.45) is 2.99. The van der Waals surface area contributed by atoms with Crippen molar-refractivity contribution in [3.63, 3.8) is 0 Å². The summed E-state index contributed by atoms with van der Waals surface area (Å²) in [6, 6.07) is 22.0. The summed E-state index contributed by atoms with van der Waals surface area (Å²) >= 11 is 0. The Morgan fingerprint density at radius 1 is 0.573 bits per heavy atom. The van der Waals surface area contributed by atoms with E-state index in [1.165, 1.54) is 14.5 Å². The van der Waals surface area contributed by atoms with E-state index in [1.54, 1.807) is 97.0 Å². The van der Waals surface area contributed by atoms with Crippen LogP contribution in [0.3, 0.4) is 0 Å². The Balaban J connectivity index is 1.00. The molecular weight excluding hydrogens is 1230 g/mol. The molecule has 8 amide bonds. The van der Waals surface area contributed by atoms with Gasteiger partial charge in [0.05, 0.1) is 43.1 Å². The fourth-order valence-electron chi connectivity index (χ4n) is 12.4. The van der Waals surface area contributed by atoms with Crippen LogP contribution in [0.15, 0.2) is 122 Å². The number of ether oxygens (including phenoxy) is 1. The average Bonchev–Trinajstić information content (AvgIpc) is 1.65. The van der Waals surface area contributed by atoms with Crippen LogP contribution in [0.5, 0.6) is 5.75 Å². The van der Waals surface area contributed by atoms with Gasteiger partial charge in [0.15, 0.2) is 0 Å². The highest BCUT2D eigenvalue weighted by atomic mass is 16.5. The molecule has 96 heavy (non-hydrogen) atoms. The number of nitrogens with one attached hydrogen (secondary N) is 8. The molecule has 0 saturated carbocycles. The van der Waals surface area contributed by atoms with Gasteiger partial charge in [0.25, 0.3) is 0 Å². The lowest BCUT2D eigenvalue weighted by Crippen LogP contribution is -2.59. The molecule has 2 saturated heterocycles. The van der Waals surface area contributed by atoms with Gasteiger partial charge in [-0.3, -0.25) is 38.4 Å². The maximum atomic E-state index is 15.2. The Hall–Kier alpha value is -10.1. The van der Waals surface area contributed by atoms with Crippen LogP contribution in [-0.4, -0.2) is 180 Å². The molecule has 2 aromatic heterocycles. The van der Waals surface area contributed by atoms with Crippen LogP contribution in [0, 0.1) is 11.8 Å². The van der Waals surface area contributed by atoms with Gasteiger partial charge >= 0.3 is 5.97 Å². The molecule has 4 aliphatic heterocycles. The Bertz CT molecular complexity index is 4000. The molecule has 0 radical (unpaired) electrons. The summed E-state index contributed by atoms with van der Waals surface area (Å²) in [5.74, 6) is -6.55. The van der Waals surface area contributed by atoms with Gasteiger partial charge < -0.3 is 62.2 Å². The van der Waals surface area contributed by atoms with E-state index in [2.05, 4.69) is 63.2 Å². The molecule has 11 atom stereocenters. The fraction of sp³-hybridized carbons (Fsp3) is 0.435. The topological polar surface area (TPSA) is 347 Å². The van der Waals surface area contributed by atoms with Gasteiger partial charge in [0, 0.05) is 45.2 Å². The third kappa shape index (κ3) is 16.3. The average molecular weight is 1310 g/mol. The van der Waals surface area contributed by atoms with E-state index in [0.717, 1.165) is 27.1 Å². The summed E-state index contributed by atoms with van der Waals surface area (Å²) in [6.45, 7) is 10.0. The zero-order valence-electron chi connectivity index (χ0n) is 55.0. The molecule has 6 heterocycles. The van der Waals surface area contributed by atoms with Crippen molar-refractivity contribution in [2.24, 2.45) is 11.8 Å². The zero-order valence-corrected chi connectivity index (χ0v) is 55.0. The number of rotatable bonds is 15. The number of nitrogens with zero attached hydrogens (tertiary/aromatic N) is 8. The minimum absolute atomic E-state index is 0.0208. The summed E-state index contributed by atoms with van der Waals surface area (Å²) in [4.78, 5) is 133. The number of likely N-dealkylation sites (tertiary alicyclic amines) is 2. The Morgan fingerprint density at radius 2 is 1.03 bits per heavy atom. The van der Waals surface area contributed by atoms with Crippen LogP contribution in [0.25, 0.3) is 21.5 Å². The van der Waals surface area contributed by atoms with Crippen molar-refractivity contribution in [1.82, 2.24) is 82.3 Å². The van der Waals surface area contributed by atoms with Crippen LogP contribution in [-0.2, 0) is 75.6 Å². The highest BCUT2D eigenvalue weighted by Crippen LogP contribution is 2.32. The largest absolute Gasteiger partial charge is 0.487 e. The zero-order chi connectivity index (χ0) is 68.5. The van der Waals surface area contributed by atoms with Crippen molar-refractivity contribution >= 4 is 74.8 Å². The Morgan fingerprint density at radius 3 is 1.50 bits per heavy atom. The van der Waals surface area contributed by atoms with E-state index in [1.807, 2.05) is 84.9 Å². The molecule has 27 heteroatoms. The van der Waals surface area contributed by atoms with E-state index < -0.39 is 132 Å². The molecule has 506 valence electrons. The monoisotopic (exact) mass is 1310 g/mol. The van der Waals surface area contributed by atoms with Crippen molar-refractivity contribution < 1.29 is 53.0 Å². The molecule has 27 nitrogen and oxygen atoms in total. The highest BCUT2D eigenvalue weighted by Gasteiger charge is 2.47. The maximum absolute atomic E-state index is 15.2. The van der Waals surface area contributed by atoms with Crippen LogP contribution in [0.2, 0.25) is 0 Å². The first-order valence-corrected chi connectivity index (χ1v) is 32.5. The number of carboxylic acid groups (broad SMARTS) is 1. The Labute approximate surface area is 555 Å². The first-order valence-electron chi connectivity index (χ1n) is 32.5. The number of hydrogen-bond acceptors (Lipinski definition) is 16. The number of carbonyl (C=O) groups excluding carboxylic acids is 8. The first-order chi connectivity index (χ1) is 46.0. The minimum Gasteiger partial charge on any atom is -0.487 e. The lowest BCUT2D eigenvalue weighted by atomic mass is 9.99. The molecule has 4 aliphatic rings. The van der Waals surface area contributed by atoms with E-state index >= 15 is 14.4 Å². The molecular formula is C69H84N16O11. The molecule has 0 unspecified atom stereocenters. The second kappa shape index (κ2) is 30.5. The van der Waals surface area contributed by atoms with Crippen molar-refractivity contribution in [3.8, 4) is 5.75 Å². The van der Waals surface area contributed by atoms with Crippen LogP contribution in [0.1, 0.15) is 94.5 Å². The quantitative estimate of drug-likeness (QED) is 0.0712. The summed E-state index contributed by atoms with van der Waals surface area (Å²) < 4.78 is 9.17. The number of carboxylic acids is 1. The van der Waals surface area contributed by atoms with Crippen LogP contribution < -0.4 is 47.3 Å². The predicted octanol–water partition coefficient (Wildman–Crippen LogP) is 2.43. The number of likely N-dealkylation sites (N-methyl/N-ethyl adjacent to an activating group) is 2. The maximum Gasteiger partial charge on any atom is 0.326 e. The van der Waals surface area contributed by atoms with Crippen LogP contribution >= 0.6 is 0 Å². The van der Waals surface area contributed by atoms with Gasteiger partial charge in [-0.2, -0.15) is 0 Å². The number of aliphatic carboxylic acids is 1. The summed E-state index contributed by atoms with van der Waals surface area (Å²) in [5.41, 5.74) is 2.57. The molecule has 0 aliphatic carbocycles. The molecule has 11 rings (SSSR count). The smallest absolute Gasteiger partial charge is 0.326 e. The number of amides is 8. The van der Waals surface area contributed by atoms with E-state index in [9.17, 15) is 33.9 Å². The van der Waals surface area contributed by atoms with E-state index in [4.69, 9.17) is 4.74 Å². The minimum atomic E-state index is -1.48. The normalized spacial score (nSPS) is 21.8. The SMILES string of the molecule is CN[C@@H](C)C(=O)N[C@H](C(=O)N1C[C@@H]2C[C@H]1C(=O)N[C@@H](Cc1ccc3ccccc3c1)C(=O)NCc1cn(nn1)[C@H]1C[C@@H](C(=O)N[C@@H](Cc3ccc4ccccc4c3)C(=O)N[C@H](C(=O)O)Cc3ccc(cc3)OCc3cn2nn3)N(C(=O)[C@@H](NC(=O)[C@H](C)NC)C(C)C)C1)C(C)C. The number of carbonyl (C=O) groups is 9. The third-order valence-corrected chi connectivity index (χ3v) is 18.3. The third-order valence-electron chi connectivity index (χ3n) is 18.3. The highest BCUT2D eigenvalue weighted by molar-refractivity contribution is 5.98. The Kier molecular flexibility index (Phi) is 21.8. The van der Waals surface area contributed by atoms with Gasteiger partial charge in [-0.05, 0) is 90.1 Å². The van der Waals surface area contributed by atoms with Gasteiger partial charge in [0.2, 0.25) is 47.3 Å². The van der Waals surface area contributed by atoms with Gasteiger partial charge in [-0.1, -0.05) is 135 Å². The number of aromatic nitrogens is 6. The summed E-state index contributed by atoms with van der Waals surface area (Å²) in [5, 5.41) is 55.0. The van der Waals surface area contributed by atoms with Gasteiger partial charge in [-0.25, -0.2) is 14.2 Å². The summed E-state index contributed by atoms with van der Waals surface area (Å²) in [7, 11) is 3.24. The second-order valence-corrected chi connectivity index (χ2v) is 25.8. The number of hydrogen-bond donors (Lipinski definition) is 9. The molecule has 10 bridgehead atoms. The lowest BCUT2D eigenvalue weighted by molar-refractivity contribution is -0.144. The second-order valence-electron chi connectivity index (χ2n) is 25.8. The molecule has 5 aromatic carbocycles. The van der Waals surface area contributed by atoms with Crippen molar-refractivity contribution in [3.05, 3.63) is 150 Å². The number of benzene rings is 5. The molecule has 0 spiro atoms. The van der Waals surface area contributed by atoms with Gasteiger partial charge in [0.1, 0.15) is 66.0 Å². The van der Waals surface area contributed by atoms with Gasteiger partial charge in [-0.15, -0.1) is 10.2 Å². The van der Waals surface area contributed by atoms with E-state index in [0.29, 0.717) is 22.6 Å². The van der Waals surface area contributed by atoms with E-state index in [-0.39, 0.29) is 64.0 Å². The van der Waals surface area contributed by atoms with Crippen LogP contribution in [0.4, 0.5) is 0 Å². The fourth-order valence-corrected chi connectivity index (χ4v) is 12.4. The van der Waals surface area contributed by atoms with Crippen molar-refractivity contribution in [1.29, 1.82) is 0 Å². The first kappa shape index (κ1) is 68.7. The predicted molar refractivity (Wildman–Crippen MR) is 354 cm³/mol. The standard InChI is InChI=1S/C69H84N16O11/c1-38(2)59(76-61(86)40(5)70-7)67(92)82-35-51-30-58(82)66(91)74-55(29-44-18-22-46-14-10-12-16-48(46)26-44)64(89)75-56(69(94)95)27-42-19-23-53(24-20-42)96-37-50-34-85(81-79-50)52-31-57(83(36-52)68(93)60(39(3)4)77-62(87)41(6)71-8)65(90)73-54(63(88)72-32-49-33-84(51)80-78-49)28-43-17-21-45-13-9-11-15-47(45)25-43/h9-26,33-34,38-41,51-52,54-60,70-71H,27-32,35-37H2,1-8H3,(H,72,88)(H,73,90)(H,74,91)(H,75,89)(H,76,86)(H,77,87)(H,94,95)/t40-,41-,51-,52-,54-,55-,56-,57-,58-,59-,60-/m0/s1. The number of fused-ring (bicyclic) bond motifs is 16. The van der Waals surface area contributed by atoms with Crippen molar-refractivity contribution in [2.75, 3.05) is 27.2 Å². The molecule has 7 aromatic rings.